The summed E-state index contributed by atoms with van der Waals surface area (Å²) in [5, 5.41) is 0. The quantitative estimate of drug-likeness (QED) is 0.601. The van der Waals surface area contributed by atoms with Gasteiger partial charge in [-0.1, -0.05) is 6.07 Å². The molecule has 0 aliphatic carbocycles. The number of rotatable bonds is 4. The third kappa shape index (κ3) is 4.23. The Morgan fingerprint density at radius 1 is 1.29 bits per heavy atom. The number of hydrogen-bond acceptors (Lipinski definition) is 3. The molecule has 0 amide bonds. The van der Waals surface area contributed by atoms with E-state index in [4.69, 9.17) is 4.74 Å². The fourth-order valence-electron chi connectivity index (χ4n) is 1.64. The number of nitrogens with zero attached hydrogens (tertiary/aromatic N) is 1. The Kier molecular flexibility index (Phi) is 5.22. The number of carbonyl (C=O) groups excluding carboxylic acids is 1. The lowest BCUT2D eigenvalue weighted by Crippen LogP contribution is -2.03. The Balaban J connectivity index is 2.10. The number of halogens is 2. The van der Waals surface area contributed by atoms with Crippen molar-refractivity contribution in [2.24, 2.45) is 4.99 Å². The Bertz CT molecular complexity index is 668. The molecule has 3 nitrogen and oxygen atoms in total. The van der Waals surface area contributed by atoms with E-state index in [9.17, 15) is 9.18 Å². The molecule has 108 valence electrons. The predicted molar refractivity (Wildman–Crippen MR) is 83.8 cm³/mol. The van der Waals surface area contributed by atoms with Crippen LogP contribution in [-0.4, -0.2) is 18.8 Å². The lowest BCUT2D eigenvalue weighted by atomic mass is 10.2. The van der Waals surface area contributed by atoms with Gasteiger partial charge in [0.25, 0.3) is 0 Å². The van der Waals surface area contributed by atoms with Crippen LogP contribution < -0.4 is 0 Å². The number of esters is 1. The van der Waals surface area contributed by atoms with Gasteiger partial charge in [-0.15, -0.1) is 0 Å². The largest absolute Gasteiger partial charge is 0.462 e. The molecular weight excluding hydrogens is 337 g/mol. The van der Waals surface area contributed by atoms with Crippen LogP contribution in [0.1, 0.15) is 22.8 Å². The normalized spacial score (nSPS) is 10.8. The molecule has 0 bridgehead atoms. The zero-order chi connectivity index (χ0) is 15.2. The summed E-state index contributed by atoms with van der Waals surface area (Å²) in [5.41, 5.74) is 1.96. The predicted octanol–water partition coefficient (Wildman–Crippen LogP) is 4.52. The minimum Gasteiger partial charge on any atom is -0.462 e. The molecule has 0 radical (unpaired) electrons. The Morgan fingerprint density at radius 2 is 2.00 bits per heavy atom. The van der Waals surface area contributed by atoms with Crippen LogP contribution >= 0.6 is 15.9 Å². The van der Waals surface area contributed by atoms with Gasteiger partial charge in [-0.2, -0.15) is 0 Å². The molecule has 2 aromatic carbocycles. The molecule has 0 unspecified atom stereocenters. The molecule has 0 saturated heterocycles. The number of carbonyl (C=O) groups is 1. The first-order valence-corrected chi connectivity index (χ1v) is 7.15. The molecule has 0 aromatic heterocycles. The molecule has 5 heteroatoms. The van der Waals surface area contributed by atoms with Gasteiger partial charge in [-0.3, -0.25) is 4.99 Å². The Hall–Kier alpha value is -2.01. The van der Waals surface area contributed by atoms with Gasteiger partial charge in [0, 0.05) is 6.21 Å². The summed E-state index contributed by atoms with van der Waals surface area (Å²) in [6.07, 6.45) is 1.63. The van der Waals surface area contributed by atoms with Gasteiger partial charge >= 0.3 is 5.97 Å². The SMILES string of the molecule is CCOC(=O)c1ccc(/N=C/c2ccc(F)c(Br)c2)cc1. The summed E-state index contributed by atoms with van der Waals surface area (Å²) in [6.45, 7) is 2.11. The van der Waals surface area contributed by atoms with Crippen molar-refractivity contribution in [2.45, 2.75) is 6.92 Å². The standard InChI is InChI=1S/C16H13BrFNO2/c1-2-21-16(20)12-4-6-13(7-5-12)19-10-11-3-8-15(18)14(17)9-11/h3-10H,2H2,1H3/b19-10+. The van der Waals surface area contributed by atoms with Crippen LogP contribution in [-0.2, 0) is 4.74 Å². The highest BCUT2D eigenvalue weighted by Gasteiger charge is 2.05. The fourth-order valence-corrected chi connectivity index (χ4v) is 2.04. The van der Waals surface area contributed by atoms with Crippen LogP contribution in [0.5, 0.6) is 0 Å². The first-order chi connectivity index (χ1) is 10.1. The molecule has 0 aliphatic heterocycles. The van der Waals surface area contributed by atoms with E-state index < -0.39 is 0 Å². The average molecular weight is 350 g/mol. The van der Waals surface area contributed by atoms with Crippen LogP contribution in [0.25, 0.3) is 0 Å². The Morgan fingerprint density at radius 3 is 2.62 bits per heavy atom. The van der Waals surface area contributed by atoms with E-state index in [0.717, 1.165) is 5.56 Å². The van der Waals surface area contributed by atoms with Crippen LogP contribution in [0, 0.1) is 5.82 Å². The summed E-state index contributed by atoms with van der Waals surface area (Å²) in [7, 11) is 0. The highest BCUT2D eigenvalue weighted by Crippen LogP contribution is 2.17. The maximum Gasteiger partial charge on any atom is 0.338 e. The van der Waals surface area contributed by atoms with E-state index in [2.05, 4.69) is 20.9 Å². The molecule has 0 atom stereocenters. The topological polar surface area (TPSA) is 38.7 Å². The van der Waals surface area contributed by atoms with Crippen molar-refractivity contribution in [3.63, 3.8) is 0 Å². The highest BCUT2D eigenvalue weighted by molar-refractivity contribution is 9.10. The summed E-state index contributed by atoms with van der Waals surface area (Å²) >= 11 is 3.12. The maximum atomic E-state index is 13.1. The monoisotopic (exact) mass is 349 g/mol. The van der Waals surface area contributed by atoms with Crippen molar-refractivity contribution in [1.29, 1.82) is 0 Å². The zero-order valence-electron chi connectivity index (χ0n) is 11.3. The van der Waals surface area contributed by atoms with E-state index in [1.54, 1.807) is 49.5 Å². The summed E-state index contributed by atoms with van der Waals surface area (Å²) in [6, 6.07) is 11.4. The van der Waals surface area contributed by atoms with Crippen molar-refractivity contribution >= 4 is 33.8 Å². The van der Waals surface area contributed by atoms with E-state index in [1.807, 2.05) is 0 Å². The highest BCUT2D eigenvalue weighted by atomic mass is 79.9. The van der Waals surface area contributed by atoms with Crippen molar-refractivity contribution < 1.29 is 13.9 Å². The second-order valence-corrected chi connectivity index (χ2v) is 5.05. The third-order valence-corrected chi connectivity index (χ3v) is 3.29. The lowest BCUT2D eigenvalue weighted by Gasteiger charge is -2.01. The minimum atomic E-state index is -0.351. The summed E-state index contributed by atoms with van der Waals surface area (Å²) < 4.78 is 18.4. The first kappa shape index (κ1) is 15.4. The molecule has 0 saturated carbocycles. The van der Waals surface area contributed by atoms with Crippen molar-refractivity contribution in [3.05, 3.63) is 63.9 Å². The van der Waals surface area contributed by atoms with E-state index in [1.165, 1.54) is 6.07 Å². The molecular formula is C16H13BrFNO2. The lowest BCUT2D eigenvalue weighted by molar-refractivity contribution is 0.0526. The van der Waals surface area contributed by atoms with Crippen molar-refractivity contribution in [1.82, 2.24) is 0 Å². The fraction of sp³-hybridized carbons (Fsp3) is 0.125. The zero-order valence-corrected chi connectivity index (χ0v) is 12.9. The summed E-state index contributed by atoms with van der Waals surface area (Å²) in [5.74, 6) is -0.665. The molecule has 2 aromatic rings. The van der Waals surface area contributed by atoms with Crippen LogP contribution in [0.3, 0.4) is 0 Å². The number of benzene rings is 2. The summed E-state index contributed by atoms with van der Waals surface area (Å²) in [4.78, 5) is 15.8. The van der Waals surface area contributed by atoms with Gasteiger partial charge in [-0.05, 0) is 64.8 Å². The molecule has 0 aliphatic rings. The van der Waals surface area contributed by atoms with Crippen molar-refractivity contribution in [3.8, 4) is 0 Å². The molecule has 2 rings (SSSR count). The second-order valence-electron chi connectivity index (χ2n) is 4.20. The van der Waals surface area contributed by atoms with Gasteiger partial charge in [0.05, 0.1) is 22.3 Å². The van der Waals surface area contributed by atoms with E-state index >= 15 is 0 Å². The van der Waals surface area contributed by atoms with Gasteiger partial charge in [0.1, 0.15) is 5.82 Å². The van der Waals surface area contributed by atoms with Crippen LogP contribution in [0.2, 0.25) is 0 Å². The van der Waals surface area contributed by atoms with Crippen LogP contribution in [0.4, 0.5) is 10.1 Å². The second kappa shape index (κ2) is 7.13. The van der Waals surface area contributed by atoms with Gasteiger partial charge < -0.3 is 4.74 Å². The number of aliphatic imine (C=N–C) groups is 1. The van der Waals surface area contributed by atoms with Gasteiger partial charge in [-0.25, -0.2) is 9.18 Å². The smallest absolute Gasteiger partial charge is 0.338 e. The molecule has 0 N–H and O–H groups in total. The number of ether oxygens (including phenoxy) is 1. The first-order valence-electron chi connectivity index (χ1n) is 6.36. The van der Waals surface area contributed by atoms with Gasteiger partial charge in [0.15, 0.2) is 0 Å². The molecule has 0 fully saturated rings. The molecule has 0 spiro atoms. The third-order valence-electron chi connectivity index (χ3n) is 2.68. The van der Waals surface area contributed by atoms with Gasteiger partial charge in [0.2, 0.25) is 0 Å². The maximum absolute atomic E-state index is 13.1. The minimum absolute atomic E-state index is 0.314. The number of hydrogen-bond donors (Lipinski definition) is 0. The van der Waals surface area contributed by atoms with E-state index in [-0.39, 0.29) is 11.8 Å². The molecule has 21 heavy (non-hydrogen) atoms. The van der Waals surface area contributed by atoms with Crippen molar-refractivity contribution in [2.75, 3.05) is 6.61 Å². The van der Waals surface area contributed by atoms with E-state index in [0.29, 0.717) is 22.3 Å². The average Bonchev–Trinajstić information content (AvgIpc) is 2.49. The Labute approximate surface area is 130 Å². The van der Waals surface area contributed by atoms with Crippen LogP contribution in [0.15, 0.2) is 51.9 Å². The molecule has 0 heterocycles.